The first-order valence-electron chi connectivity index (χ1n) is 7.55. The standard InChI is InChI=1S/C18H24N2O2/c1-4-6-18(21-14-9-10-15(19)12(2)11-14)22-17-8-5-7-16(20)13(17)3/h5,7-11,18H,4,6,19-20H2,1-3H3. The van der Waals surface area contributed by atoms with Gasteiger partial charge in [0, 0.05) is 23.4 Å². The molecule has 0 heterocycles. The second-order valence-corrected chi connectivity index (χ2v) is 5.44. The van der Waals surface area contributed by atoms with Crippen LogP contribution in [0.4, 0.5) is 11.4 Å². The summed E-state index contributed by atoms with van der Waals surface area (Å²) in [6.07, 6.45) is 1.39. The maximum absolute atomic E-state index is 6.01. The van der Waals surface area contributed by atoms with Gasteiger partial charge in [0.1, 0.15) is 11.5 Å². The van der Waals surface area contributed by atoms with Gasteiger partial charge in [-0.15, -0.1) is 0 Å². The van der Waals surface area contributed by atoms with Crippen LogP contribution in [0.2, 0.25) is 0 Å². The number of hydrogen-bond donors (Lipinski definition) is 2. The minimum Gasteiger partial charge on any atom is -0.455 e. The molecule has 4 nitrogen and oxygen atoms in total. The molecule has 118 valence electrons. The van der Waals surface area contributed by atoms with Gasteiger partial charge in [0.25, 0.3) is 0 Å². The lowest BCUT2D eigenvalue weighted by molar-refractivity contribution is -0.00150. The van der Waals surface area contributed by atoms with E-state index in [-0.39, 0.29) is 6.29 Å². The van der Waals surface area contributed by atoms with Crippen molar-refractivity contribution in [3.05, 3.63) is 47.5 Å². The SMILES string of the molecule is CCCC(Oc1ccc(N)c(C)c1)Oc1cccc(N)c1C. The van der Waals surface area contributed by atoms with E-state index in [0.717, 1.165) is 46.8 Å². The van der Waals surface area contributed by atoms with E-state index in [9.17, 15) is 0 Å². The molecule has 0 aromatic heterocycles. The van der Waals surface area contributed by atoms with Crippen molar-refractivity contribution in [3.8, 4) is 11.5 Å². The molecule has 4 heteroatoms. The first-order valence-corrected chi connectivity index (χ1v) is 7.55. The number of benzene rings is 2. The van der Waals surface area contributed by atoms with E-state index < -0.39 is 0 Å². The summed E-state index contributed by atoms with van der Waals surface area (Å²) < 4.78 is 12.0. The summed E-state index contributed by atoms with van der Waals surface area (Å²) in [5, 5.41) is 0. The molecular weight excluding hydrogens is 276 g/mol. The minimum atomic E-state index is -0.353. The van der Waals surface area contributed by atoms with Crippen molar-refractivity contribution in [1.82, 2.24) is 0 Å². The highest BCUT2D eigenvalue weighted by Crippen LogP contribution is 2.26. The smallest absolute Gasteiger partial charge is 0.241 e. The highest BCUT2D eigenvalue weighted by molar-refractivity contribution is 5.53. The van der Waals surface area contributed by atoms with Gasteiger partial charge >= 0.3 is 0 Å². The molecule has 2 aromatic rings. The lowest BCUT2D eigenvalue weighted by atomic mass is 10.2. The van der Waals surface area contributed by atoms with Crippen LogP contribution in [0.15, 0.2) is 36.4 Å². The molecule has 0 saturated carbocycles. The molecule has 0 amide bonds. The summed E-state index contributed by atoms with van der Waals surface area (Å²) in [6, 6.07) is 11.3. The molecular formula is C18H24N2O2. The fourth-order valence-corrected chi connectivity index (χ4v) is 2.15. The van der Waals surface area contributed by atoms with Crippen LogP contribution in [-0.4, -0.2) is 6.29 Å². The van der Waals surface area contributed by atoms with E-state index in [2.05, 4.69) is 6.92 Å². The number of aryl methyl sites for hydroxylation is 1. The second kappa shape index (κ2) is 7.07. The molecule has 0 radical (unpaired) electrons. The fourth-order valence-electron chi connectivity index (χ4n) is 2.15. The topological polar surface area (TPSA) is 70.5 Å². The molecule has 0 aliphatic heterocycles. The zero-order chi connectivity index (χ0) is 16.1. The largest absolute Gasteiger partial charge is 0.455 e. The van der Waals surface area contributed by atoms with Crippen molar-refractivity contribution < 1.29 is 9.47 Å². The average molecular weight is 300 g/mol. The Labute approximate surface area is 132 Å². The Kier molecular flexibility index (Phi) is 5.15. The van der Waals surface area contributed by atoms with Gasteiger partial charge in [0.2, 0.25) is 6.29 Å². The summed E-state index contributed by atoms with van der Waals surface area (Å²) in [7, 11) is 0. The third kappa shape index (κ3) is 3.85. The maximum Gasteiger partial charge on any atom is 0.241 e. The Morgan fingerprint density at radius 2 is 1.77 bits per heavy atom. The Hall–Kier alpha value is -2.36. The molecule has 0 bridgehead atoms. The molecule has 0 aliphatic carbocycles. The van der Waals surface area contributed by atoms with Crippen molar-refractivity contribution in [2.75, 3.05) is 11.5 Å². The van der Waals surface area contributed by atoms with Crippen LogP contribution in [0.5, 0.6) is 11.5 Å². The van der Waals surface area contributed by atoms with E-state index in [1.54, 1.807) is 0 Å². The van der Waals surface area contributed by atoms with Crippen molar-refractivity contribution >= 4 is 11.4 Å². The van der Waals surface area contributed by atoms with Gasteiger partial charge in [0.05, 0.1) is 0 Å². The van der Waals surface area contributed by atoms with Gasteiger partial charge in [-0.05, 0) is 56.2 Å². The highest BCUT2D eigenvalue weighted by atomic mass is 16.7. The van der Waals surface area contributed by atoms with E-state index in [0.29, 0.717) is 0 Å². The van der Waals surface area contributed by atoms with Gasteiger partial charge in [-0.3, -0.25) is 0 Å². The number of nitrogen functional groups attached to an aromatic ring is 2. The Balaban J connectivity index is 2.15. The third-order valence-corrected chi connectivity index (χ3v) is 3.62. The Morgan fingerprint density at radius 3 is 2.45 bits per heavy atom. The molecule has 0 aliphatic rings. The number of rotatable bonds is 6. The van der Waals surface area contributed by atoms with Gasteiger partial charge in [-0.1, -0.05) is 13.0 Å². The average Bonchev–Trinajstić information content (AvgIpc) is 2.48. The summed E-state index contributed by atoms with van der Waals surface area (Å²) in [6.45, 7) is 6.00. The van der Waals surface area contributed by atoms with E-state index >= 15 is 0 Å². The normalized spacial score (nSPS) is 12.0. The third-order valence-electron chi connectivity index (χ3n) is 3.62. The monoisotopic (exact) mass is 300 g/mol. The highest BCUT2D eigenvalue weighted by Gasteiger charge is 2.14. The maximum atomic E-state index is 6.01. The van der Waals surface area contributed by atoms with Crippen LogP contribution in [0.25, 0.3) is 0 Å². The predicted molar refractivity (Wildman–Crippen MR) is 91.1 cm³/mol. The van der Waals surface area contributed by atoms with E-state index in [1.807, 2.05) is 50.2 Å². The van der Waals surface area contributed by atoms with Crippen molar-refractivity contribution in [1.29, 1.82) is 0 Å². The van der Waals surface area contributed by atoms with E-state index in [4.69, 9.17) is 20.9 Å². The van der Waals surface area contributed by atoms with Crippen molar-refractivity contribution in [3.63, 3.8) is 0 Å². The molecule has 2 aromatic carbocycles. The number of nitrogens with two attached hydrogens (primary N) is 2. The van der Waals surface area contributed by atoms with Crippen LogP contribution in [0.1, 0.15) is 30.9 Å². The zero-order valence-electron chi connectivity index (χ0n) is 13.4. The lowest BCUT2D eigenvalue weighted by Crippen LogP contribution is -2.24. The van der Waals surface area contributed by atoms with E-state index in [1.165, 1.54) is 0 Å². The number of ether oxygens (including phenoxy) is 2. The molecule has 0 fully saturated rings. The molecule has 0 saturated heterocycles. The first-order chi connectivity index (χ1) is 10.5. The lowest BCUT2D eigenvalue weighted by Gasteiger charge is -2.22. The van der Waals surface area contributed by atoms with Crippen LogP contribution in [-0.2, 0) is 0 Å². The predicted octanol–water partition coefficient (Wildman–Crippen LogP) is 4.05. The summed E-state index contributed by atoms with van der Waals surface area (Å²) in [5.74, 6) is 1.51. The minimum absolute atomic E-state index is 0.353. The summed E-state index contributed by atoms with van der Waals surface area (Å²) in [5.41, 5.74) is 15.2. The first kappa shape index (κ1) is 16.0. The second-order valence-electron chi connectivity index (χ2n) is 5.44. The van der Waals surface area contributed by atoms with Crippen molar-refractivity contribution in [2.24, 2.45) is 0 Å². The Morgan fingerprint density at radius 1 is 1.00 bits per heavy atom. The quantitative estimate of drug-likeness (QED) is 0.623. The van der Waals surface area contributed by atoms with Crippen LogP contribution >= 0.6 is 0 Å². The van der Waals surface area contributed by atoms with Crippen LogP contribution in [0, 0.1) is 13.8 Å². The molecule has 2 rings (SSSR count). The number of anilines is 2. The van der Waals surface area contributed by atoms with Crippen molar-refractivity contribution in [2.45, 2.75) is 39.9 Å². The van der Waals surface area contributed by atoms with Gasteiger partial charge in [-0.25, -0.2) is 0 Å². The fraction of sp³-hybridized carbons (Fsp3) is 0.333. The molecule has 0 spiro atoms. The van der Waals surface area contributed by atoms with Gasteiger partial charge in [0.15, 0.2) is 0 Å². The zero-order valence-corrected chi connectivity index (χ0v) is 13.4. The van der Waals surface area contributed by atoms with Crippen LogP contribution in [0.3, 0.4) is 0 Å². The van der Waals surface area contributed by atoms with Gasteiger partial charge in [-0.2, -0.15) is 0 Å². The summed E-state index contributed by atoms with van der Waals surface area (Å²) >= 11 is 0. The molecule has 22 heavy (non-hydrogen) atoms. The summed E-state index contributed by atoms with van der Waals surface area (Å²) in [4.78, 5) is 0. The molecule has 1 atom stereocenters. The Bertz CT molecular complexity index is 641. The van der Waals surface area contributed by atoms with Gasteiger partial charge < -0.3 is 20.9 Å². The van der Waals surface area contributed by atoms with Crippen LogP contribution < -0.4 is 20.9 Å². The molecule has 4 N–H and O–H groups in total. The molecule has 1 unspecified atom stereocenters. The number of hydrogen-bond acceptors (Lipinski definition) is 4.